The fraction of sp³-hybridized carbons (Fsp3) is 0.200. The summed E-state index contributed by atoms with van der Waals surface area (Å²) in [5.74, 6) is 6.33. The first-order valence-corrected chi connectivity index (χ1v) is 7.01. The molecule has 2 rings (SSSR count). The van der Waals surface area contributed by atoms with Gasteiger partial charge in [0.1, 0.15) is 19.0 Å². The highest BCUT2D eigenvalue weighted by Gasteiger charge is 2.05. The van der Waals surface area contributed by atoms with Crippen molar-refractivity contribution in [3.8, 4) is 17.6 Å². The van der Waals surface area contributed by atoms with Gasteiger partial charge in [-0.3, -0.25) is 0 Å². The van der Waals surface area contributed by atoms with Crippen LogP contribution >= 0.6 is 22.9 Å². The molecule has 2 aromatic rings. The number of hydrogen-bond donors (Lipinski definition) is 1. The van der Waals surface area contributed by atoms with Gasteiger partial charge in [0.2, 0.25) is 0 Å². The van der Waals surface area contributed by atoms with Crippen LogP contribution in [-0.4, -0.2) is 11.7 Å². The molecule has 98 valence electrons. The largest absolute Gasteiger partial charge is 0.488 e. The summed E-state index contributed by atoms with van der Waals surface area (Å²) in [6, 6.07) is 7.51. The van der Waals surface area contributed by atoms with Crippen LogP contribution in [0.15, 0.2) is 29.6 Å². The summed E-state index contributed by atoms with van der Waals surface area (Å²) in [6.45, 7) is 2.30. The Bertz CT molecular complexity index is 623. The third kappa shape index (κ3) is 3.74. The number of thiophene rings is 1. The van der Waals surface area contributed by atoms with E-state index in [0.717, 1.165) is 21.8 Å². The molecule has 0 unspecified atom stereocenters. The summed E-state index contributed by atoms with van der Waals surface area (Å²) in [4.78, 5) is 1.04. The molecule has 0 bridgehead atoms. The van der Waals surface area contributed by atoms with Gasteiger partial charge >= 0.3 is 0 Å². The van der Waals surface area contributed by atoms with Gasteiger partial charge in [0.15, 0.2) is 0 Å². The highest BCUT2D eigenvalue weighted by molar-refractivity contribution is 7.10. The van der Waals surface area contributed by atoms with Crippen LogP contribution in [0.2, 0.25) is 5.02 Å². The fourth-order valence-corrected chi connectivity index (χ4v) is 2.47. The van der Waals surface area contributed by atoms with Crippen molar-refractivity contribution in [2.24, 2.45) is 0 Å². The smallest absolute Gasteiger partial charge is 0.124 e. The van der Waals surface area contributed by atoms with Crippen LogP contribution in [0, 0.1) is 18.8 Å². The van der Waals surface area contributed by atoms with E-state index in [2.05, 4.69) is 11.8 Å². The standard InChI is InChI=1S/C15H13ClO2S/c1-11-4-5-13(16)9-14(11)18-10-15-12(3-2-7-17)6-8-19-15/h4-6,8-9,17H,7,10H2,1H3. The predicted octanol–water partition coefficient (Wildman–Crippen LogP) is 3.63. The number of ether oxygens (including phenoxy) is 1. The lowest BCUT2D eigenvalue weighted by molar-refractivity contribution is 0.307. The van der Waals surface area contributed by atoms with Crippen LogP contribution in [0.4, 0.5) is 0 Å². The molecule has 4 heteroatoms. The molecule has 0 atom stereocenters. The van der Waals surface area contributed by atoms with Crippen molar-refractivity contribution in [3.05, 3.63) is 50.7 Å². The molecule has 2 nitrogen and oxygen atoms in total. The highest BCUT2D eigenvalue weighted by atomic mass is 35.5. The Morgan fingerprint density at radius 2 is 2.21 bits per heavy atom. The second kappa shape index (κ2) is 6.63. The van der Waals surface area contributed by atoms with Crippen molar-refractivity contribution in [2.45, 2.75) is 13.5 Å². The van der Waals surface area contributed by atoms with Crippen LogP contribution in [0.1, 0.15) is 16.0 Å². The molecule has 0 radical (unpaired) electrons. The van der Waals surface area contributed by atoms with Crippen LogP contribution < -0.4 is 4.74 Å². The van der Waals surface area contributed by atoms with Crippen LogP contribution in [0.25, 0.3) is 0 Å². The van der Waals surface area contributed by atoms with Gasteiger partial charge in [0.25, 0.3) is 0 Å². The van der Waals surface area contributed by atoms with E-state index < -0.39 is 0 Å². The Balaban J connectivity index is 2.10. The molecule has 0 aliphatic heterocycles. The molecular weight excluding hydrogens is 280 g/mol. The SMILES string of the molecule is Cc1ccc(Cl)cc1OCc1sccc1C#CCO. The van der Waals surface area contributed by atoms with Crippen molar-refractivity contribution in [3.63, 3.8) is 0 Å². The average Bonchev–Trinajstić information content (AvgIpc) is 2.85. The Labute approximate surface area is 121 Å². The third-order valence-corrected chi connectivity index (χ3v) is 3.69. The molecule has 0 fully saturated rings. The number of hydrogen-bond acceptors (Lipinski definition) is 3. The Morgan fingerprint density at radius 1 is 1.37 bits per heavy atom. The maximum absolute atomic E-state index is 8.71. The second-order valence-corrected chi connectivity index (χ2v) is 5.35. The lowest BCUT2D eigenvalue weighted by Crippen LogP contribution is -1.96. The van der Waals surface area contributed by atoms with Gasteiger partial charge in [-0.25, -0.2) is 0 Å². The lowest BCUT2D eigenvalue weighted by atomic mass is 10.2. The number of benzene rings is 1. The summed E-state index contributed by atoms with van der Waals surface area (Å²) >= 11 is 7.54. The first-order valence-electron chi connectivity index (χ1n) is 5.75. The zero-order valence-corrected chi connectivity index (χ0v) is 12.0. The van der Waals surface area contributed by atoms with E-state index in [1.165, 1.54) is 0 Å². The molecule has 0 aliphatic rings. The van der Waals surface area contributed by atoms with Crippen molar-refractivity contribution in [2.75, 3.05) is 6.61 Å². The van der Waals surface area contributed by atoms with Gasteiger partial charge in [-0.1, -0.05) is 29.5 Å². The van der Waals surface area contributed by atoms with E-state index in [1.54, 1.807) is 11.3 Å². The van der Waals surface area contributed by atoms with Crippen molar-refractivity contribution in [1.82, 2.24) is 0 Å². The molecule has 0 saturated heterocycles. The minimum absolute atomic E-state index is 0.135. The summed E-state index contributed by atoms with van der Waals surface area (Å²) in [6.07, 6.45) is 0. The molecular formula is C15H13ClO2S. The lowest BCUT2D eigenvalue weighted by Gasteiger charge is -2.08. The van der Waals surface area contributed by atoms with Gasteiger partial charge in [-0.2, -0.15) is 0 Å². The molecule has 1 aromatic heterocycles. The van der Waals surface area contributed by atoms with E-state index in [0.29, 0.717) is 11.6 Å². The van der Waals surface area contributed by atoms with Crippen molar-refractivity contribution in [1.29, 1.82) is 0 Å². The Hall–Kier alpha value is -1.47. The van der Waals surface area contributed by atoms with Gasteiger partial charge < -0.3 is 9.84 Å². The van der Waals surface area contributed by atoms with Crippen LogP contribution in [0.5, 0.6) is 5.75 Å². The molecule has 1 heterocycles. The van der Waals surface area contributed by atoms with Crippen molar-refractivity contribution < 1.29 is 9.84 Å². The van der Waals surface area contributed by atoms with Gasteiger partial charge in [-0.05, 0) is 36.1 Å². The maximum Gasteiger partial charge on any atom is 0.124 e. The van der Waals surface area contributed by atoms with E-state index >= 15 is 0 Å². The third-order valence-electron chi connectivity index (χ3n) is 2.56. The van der Waals surface area contributed by atoms with Gasteiger partial charge in [-0.15, -0.1) is 11.3 Å². The summed E-state index contributed by atoms with van der Waals surface area (Å²) in [7, 11) is 0. The monoisotopic (exact) mass is 292 g/mol. The minimum atomic E-state index is -0.135. The van der Waals surface area contributed by atoms with Gasteiger partial charge in [0.05, 0.1) is 4.88 Å². The molecule has 0 aliphatic carbocycles. The zero-order valence-electron chi connectivity index (χ0n) is 10.4. The Kier molecular flexibility index (Phi) is 4.86. The number of rotatable bonds is 3. The average molecular weight is 293 g/mol. The summed E-state index contributed by atoms with van der Waals surface area (Å²) < 4.78 is 5.78. The van der Waals surface area contributed by atoms with Crippen LogP contribution in [-0.2, 0) is 6.61 Å². The Morgan fingerprint density at radius 3 is 3.00 bits per heavy atom. The first-order chi connectivity index (χ1) is 9.20. The molecule has 1 N–H and O–H groups in total. The fourth-order valence-electron chi connectivity index (χ4n) is 1.57. The molecule has 0 amide bonds. The quantitative estimate of drug-likeness (QED) is 0.875. The second-order valence-electron chi connectivity index (χ2n) is 3.92. The normalized spacial score (nSPS) is 9.84. The summed E-state index contributed by atoms with van der Waals surface area (Å²) in [5.41, 5.74) is 1.95. The van der Waals surface area contributed by atoms with E-state index in [1.807, 2.05) is 36.6 Å². The molecule has 1 aromatic carbocycles. The number of aryl methyl sites for hydroxylation is 1. The molecule has 0 saturated carbocycles. The van der Waals surface area contributed by atoms with Crippen molar-refractivity contribution >= 4 is 22.9 Å². The van der Waals surface area contributed by atoms with E-state index in [-0.39, 0.29) is 6.61 Å². The van der Waals surface area contributed by atoms with Crippen LogP contribution in [0.3, 0.4) is 0 Å². The highest BCUT2D eigenvalue weighted by Crippen LogP contribution is 2.25. The predicted molar refractivity (Wildman–Crippen MR) is 78.8 cm³/mol. The number of aliphatic hydroxyl groups excluding tert-OH is 1. The topological polar surface area (TPSA) is 29.5 Å². The summed E-state index contributed by atoms with van der Waals surface area (Å²) in [5, 5.41) is 11.3. The first kappa shape index (κ1) is 14.0. The van der Waals surface area contributed by atoms with E-state index in [4.69, 9.17) is 21.4 Å². The van der Waals surface area contributed by atoms with Gasteiger partial charge in [0, 0.05) is 10.6 Å². The van der Waals surface area contributed by atoms with E-state index in [9.17, 15) is 0 Å². The molecule has 0 spiro atoms. The minimum Gasteiger partial charge on any atom is -0.488 e. The maximum atomic E-state index is 8.71. The number of aliphatic hydroxyl groups is 1. The zero-order chi connectivity index (χ0) is 13.7. The number of halogens is 1. The molecule has 19 heavy (non-hydrogen) atoms.